The molecule has 8 heteroatoms. The van der Waals surface area contributed by atoms with E-state index in [0.29, 0.717) is 5.02 Å². The maximum absolute atomic E-state index is 12.0. The molecule has 1 heterocycles. The van der Waals surface area contributed by atoms with E-state index in [1.165, 1.54) is 30.6 Å². The predicted molar refractivity (Wildman–Crippen MR) is 65.1 cm³/mol. The molecule has 0 amide bonds. The molecule has 0 atom stereocenters. The average Bonchev–Trinajstić information content (AvgIpc) is 2.39. The van der Waals surface area contributed by atoms with Gasteiger partial charge in [0.1, 0.15) is 11.5 Å². The third-order valence-electron chi connectivity index (χ3n) is 2.01. The topological polar surface area (TPSA) is 44.2 Å². The zero-order chi connectivity index (χ0) is 14.6. The van der Waals surface area contributed by atoms with E-state index in [1.807, 2.05) is 0 Å². The fourth-order valence-electron chi connectivity index (χ4n) is 1.25. The molecule has 0 aliphatic carbocycles. The Morgan fingerprint density at radius 1 is 1.10 bits per heavy atom. The van der Waals surface area contributed by atoms with E-state index >= 15 is 0 Å². The quantitative estimate of drug-likeness (QED) is 0.860. The van der Waals surface area contributed by atoms with Gasteiger partial charge in [0.15, 0.2) is 6.61 Å². The number of aromatic nitrogens is 2. The second-order valence-corrected chi connectivity index (χ2v) is 4.10. The molecule has 1 aromatic heterocycles. The van der Waals surface area contributed by atoms with Crippen LogP contribution in [0.5, 0.6) is 17.5 Å². The second-order valence-electron chi connectivity index (χ2n) is 3.66. The third kappa shape index (κ3) is 4.58. The molecule has 2 rings (SSSR count). The van der Waals surface area contributed by atoms with E-state index in [0.717, 1.165) is 0 Å². The fraction of sp³-hybridized carbons (Fsp3) is 0.167. The molecule has 0 saturated carbocycles. The number of alkyl halides is 3. The first kappa shape index (κ1) is 14.4. The highest BCUT2D eigenvalue weighted by Crippen LogP contribution is 2.25. The zero-order valence-corrected chi connectivity index (χ0v) is 10.6. The summed E-state index contributed by atoms with van der Waals surface area (Å²) in [5.41, 5.74) is 0. The Bertz CT molecular complexity index is 576. The second kappa shape index (κ2) is 5.96. The average molecular weight is 305 g/mol. The van der Waals surface area contributed by atoms with Crippen molar-refractivity contribution < 1.29 is 22.6 Å². The molecule has 0 bridgehead atoms. The number of ether oxygens (including phenoxy) is 2. The zero-order valence-electron chi connectivity index (χ0n) is 9.89. The van der Waals surface area contributed by atoms with Gasteiger partial charge in [0.05, 0.1) is 17.4 Å². The number of hydrogen-bond donors (Lipinski definition) is 0. The molecule has 1 aromatic carbocycles. The number of benzene rings is 1. The largest absolute Gasteiger partial charge is 0.484 e. The minimum absolute atomic E-state index is 0.0300. The summed E-state index contributed by atoms with van der Waals surface area (Å²) in [7, 11) is 0. The number of rotatable bonds is 4. The van der Waals surface area contributed by atoms with Gasteiger partial charge in [-0.2, -0.15) is 13.2 Å². The summed E-state index contributed by atoms with van der Waals surface area (Å²) in [5, 5.41) is 0.347. The molecule has 4 nitrogen and oxygen atoms in total. The van der Waals surface area contributed by atoms with Crippen molar-refractivity contribution in [3.63, 3.8) is 0 Å². The first-order valence-corrected chi connectivity index (χ1v) is 5.75. The van der Waals surface area contributed by atoms with Crippen LogP contribution in [0.15, 0.2) is 36.7 Å². The number of halogens is 4. The monoisotopic (exact) mass is 304 g/mol. The van der Waals surface area contributed by atoms with Crippen molar-refractivity contribution >= 4 is 11.6 Å². The summed E-state index contributed by atoms with van der Waals surface area (Å²) >= 11 is 5.62. The fourth-order valence-corrected chi connectivity index (χ4v) is 1.35. The molecule has 0 fully saturated rings. The van der Waals surface area contributed by atoms with Crippen LogP contribution in [0.3, 0.4) is 0 Å². The summed E-state index contributed by atoms with van der Waals surface area (Å²) < 4.78 is 46.0. The lowest BCUT2D eigenvalue weighted by molar-refractivity contribution is -0.153. The Labute approximate surface area is 117 Å². The van der Waals surface area contributed by atoms with Crippen LogP contribution in [0.4, 0.5) is 13.2 Å². The number of nitrogens with zero attached hydrogens (tertiary/aromatic N) is 2. The molecule has 106 valence electrons. The molecule has 2 aromatic rings. The number of hydrogen-bond acceptors (Lipinski definition) is 4. The van der Waals surface area contributed by atoms with Crippen molar-refractivity contribution in [3.05, 3.63) is 41.7 Å². The Balaban J connectivity index is 2.04. The van der Waals surface area contributed by atoms with Gasteiger partial charge in [0.2, 0.25) is 0 Å². The van der Waals surface area contributed by atoms with Crippen LogP contribution in [0.2, 0.25) is 5.02 Å². The first-order chi connectivity index (χ1) is 9.42. The standard InChI is InChI=1S/C12H8ClF3N2O2/c13-8-5-17-11(18-6-8)20-10-3-1-2-9(4-10)19-7-12(14,15)16/h1-6H,7H2. The van der Waals surface area contributed by atoms with Gasteiger partial charge in [-0.3, -0.25) is 0 Å². The van der Waals surface area contributed by atoms with E-state index in [-0.39, 0.29) is 17.5 Å². The smallest absolute Gasteiger partial charge is 0.422 e. The van der Waals surface area contributed by atoms with Gasteiger partial charge in [0, 0.05) is 6.07 Å². The van der Waals surface area contributed by atoms with Crippen LogP contribution in [0.1, 0.15) is 0 Å². The van der Waals surface area contributed by atoms with E-state index in [2.05, 4.69) is 14.7 Å². The third-order valence-corrected chi connectivity index (χ3v) is 2.21. The van der Waals surface area contributed by atoms with Crippen molar-refractivity contribution in [2.75, 3.05) is 6.61 Å². The highest BCUT2D eigenvalue weighted by Gasteiger charge is 2.28. The van der Waals surface area contributed by atoms with Crippen molar-refractivity contribution in [1.82, 2.24) is 9.97 Å². The molecular formula is C12H8ClF3N2O2. The molecule has 0 spiro atoms. The van der Waals surface area contributed by atoms with Gasteiger partial charge < -0.3 is 9.47 Å². The van der Waals surface area contributed by atoms with Gasteiger partial charge >= 0.3 is 12.2 Å². The van der Waals surface area contributed by atoms with Crippen LogP contribution >= 0.6 is 11.6 Å². The summed E-state index contributed by atoms with van der Waals surface area (Å²) in [6.07, 6.45) is -1.71. The van der Waals surface area contributed by atoms with E-state index in [1.54, 1.807) is 6.07 Å². The van der Waals surface area contributed by atoms with Crippen molar-refractivity contribution in [2.45, 2.75) is 6.18 Å². The predicted octanol–water partition coefficient (Wildman–Crippen LogP) is 3.86. The lowest BCUT2D eigenvalue weighted by Crippen LogP contribution is -2.19. The van der Waals surface area contributed by atoms with E-state index < -0.39 is 12.8 Å². The van der Waals surface area contributed by atoms with Crippen molar-refractivity contribution in [3.8, 4) is 17.5 Å². The maximum Gasteiger partial charge on any atom is 0.422 e. The molecule has 0 saturated heterocycles. The van der Waals surface area contributed by atoms with Gasteiger partial charge in [-0.1, -0.05) is 17.7 Å². The summed E-state index contributed by atoms with van der Waals surface area (Å²) in [6, 6.07) is 5.77. The molecule has 0 N–H and O–H groups in total. The Hall–Kier alpha value is -2.02. The lowest BCUT2D eigenvalue weighted by Gasteiger charge is -2.10. The lowest BCUT2D eigenvalue weighted by atomic mass is 10.3. The van der Waals surface area contributed by atoms with Crippen molar-refractivity contribution in [2.24, 2.45) is 0 Å². The minimum Gasteiger partial charge on any atom is -0.484 e. The highest BCUT2D eigenvalue weighted by atomic mass is 35.5. The summed E-state index contributed by atoms with van der Waals surface area (Å²) in [6.45, 7) is -1.37. The van der Waals surface area contributed by atoms with Gasteiger partial charge in [-0.25, -0.2) is 9.97 Å². The molecule has 20 heavy (non-hydrogen) atoms. The van der Waals surface area contributed by atoms with Crippen LogP contribution in [-0.4, -0.2) is 22.8 Å². The first-order valence-electron chi connectivity index (χ1n) is 5.37. The van der Waals surface area contributed by atoms with Crippen molar-refractivity contribution in [1.29, 1.82) is 0 Å². The van der Waals surface area contributed by atoms with Crippen LogP contribution in [0.25, 0.3) is 0 Å². The molecule has 0 radical (unpaired) electrons. The van der Waals surface area contributed by atoms with Gasteiger partial charge in [-0.15, -0.1) is 0 Å². The minimum atomic E-state index is -4.39. The molecular weight excluding hydrogens is 297 g/mol. The van der Waals surface area contributed by atoms with E-state index in [9.17, 15) is 13.2 Å². The Kier molecular flexibility index (Phi) is 4.29. The summed E-state index contributed by atoms with van der Waals surface area (Å²) in [4.78, 5) is 7.60. The van der Waals surface area contributed by atoms with Crippen LogP contribution in [0, 0.1) is 0 Å². The maximum atomic E-state index is 12.0. The summed E-state index contributed by atoms with van der Waals surface area (Å²) in [5.74, 6) is 0.292. The molecule has 0 aliphatic heterocycles. The SMILES string of the molecule is FC(F)(F)COc1cccc(Oc2ncc(Cl)cn2)c1. The molecule has 0 unspecified atom stereocenters. The van der Waals surface area contributed by atoms with Gasteiger partial charge in [0.25, 0.3) is 0 Å². The van der Waals surface area contributed by atoms with E-state index in [4.69, 9.17) is 16.3 Å². The Morgan fingerprint density at radius 3 is 2.40 bits per heavy atom. The van der Waals surface area contributed by atoms with Crippen LogP contribution < -0.4 is 9.47 Å². The highest BCUT2D eigenvalue weighted by molar-refractivity contribution is 6.30. The van der Waals surface area contributed by atoms with Crippen LogP contribution in [-0.2, 0) is 0 Å². The molecule has 0 aliphatic rings. The van der Waals surface area contributed by atoms with Gasteiger partial charge in [-0.05, 0) is 12.1 Å². The Morgan fingerprint density at radius 2 is 1.75 bits per heavy atom. The normalized spacial score (nSPS) is 11.2.